The fourth-order valence-electron chi connectivity index (χ4n) is 2.95. The largest absolute Gasteiger partial charge is 0.507 e. The van der Waals surface area contributed by atoms with Crippen molar-refractivity contribution in [2.24, 2.45) is 16.5 Å². The smallest absolute Gasteiger partial charge is 0.263 e. The van der Waals surface area contributed by atoms with Crippen LogP contribution in [0.2, 0.25) is 0 Å². The molecule has 1 heterocycles. The van der Waals surface area contributed by atoms with E-state index in [1.807, 2.05) is 20.8 Å². The molecule has 1 aromatic carbocycles. The van der Waals surface area contributed by atoms with Crippen LogP contribution in [0.25, 0.3) is 0 Å². The quantitative estimate of drug-likeness (QED) is 0.368. The molecule has 0 fully saturated rings. The summed E-state index contributed by atoms with van der Waals surface area (Å²) in [6, 6.07) is 0. The number of amides is 1. The van der Waals surface area contributed by atoms with Gasteiger partial charge >= 0.3 is 0 Å². The molecule has 1 aromatic rings. The van der Waals surface area contributed by atoms with Crippen molar-refractivity contribution in [1.29, 1.82) is 0 Å². The van der Waals surface area contributed by atoms with Crippen LogP contribution in [0, 0.1) is 20.8 Å². The number of hydrogen-bond donors (Lipinski definition) is 4. The number of benzene rings is 1. The molecule has 0 spiro atoms. The fraction of sp³-hybridized carbons (Fsp3) is 0.529. The lowest BCUT2D eigenvalue weighted by molar-refractivity contribution is -0.136. The molecule has 1 amide bonds. The Morgan fingerprint density at radius 1 is 1.29 bits per heavy atom. The number of aromatic hydroxyl groups is 1. The zero-order chi connectivity index (χ0) is 18.1. The van der Waals surface area contributed by atoms with E-state index in [9.17, 15) is 9.90 Å². The average molecular weight is 334 g/mol. The Kier molecular flexibility index (Phi) is 4.91. The van der Waals surface area contributed by atoms with E-state index in [0.717, 1.165) is 22.3 Å². The highest BCUT2D eigenvalue weighted by Gasteiger charge is 2.40. The second-order valence-electron chi connectivity index (χ2n) is 6.43. The number of phenols is 1. The minimum Gasteiger partial charge on any atom is -0.507 e. The van der Waals surface area contributed by atoms with E-state index in [-0.39, 0.29) is 11.9 Å². The molecule has 0 radical (unpaired) electrons. The SMILES string of the molecule is Cc1c(C)c2c(c(C)c1O)CCC(C)(C(=O)NCCN=C(N)N)O2. The van der Waals surface area contributed by atoms with Gasteiger partial charge in [-0.15, -0.1) is 0 Å². The Hall–Kier alpha value is -2.44. The highest BCUT2D eigenvalue weighted by atomic mass is 16.5. The Morgan fingerprint density at radius 3 is 2.58 bits per heavy atom. The van der Waals surface area contributed by atoms with Crippen molar-refractivity contribution in [1.82, 2.24) is 5.32 Å². The molecule has 7 nitrogen and oxygen atoms in total. The highest BCUT2D eigenvalue weighted by Crippen LogP contribution is 2.43. The molecule has 0 aliphatic carbocycles. The summed E-state index contributed by atoms with van der Waals surface area (Å²) < 4.78 is 6.10. The third-order valence-corrected chi connectivity index (χ3v) is 4.69. The molecule has 1 atom stereocenters. The van der Waals surface area contributed by atoms with Gasteiger partial charge in [0.2, 0.25) is 0 Å². The van der Waals surface area contributed by atoms with E-state index in [0.29, 0.717) is 37.4 Å². The number of nitrogens with two attached hydrogens (primary N) is 2. The summed E-state index contributed by atoms with van der Waals surface area (Å²) in [6.45, 7) is 8.07. The van der Waals surface area contributed by atoms with Crippen LogP contribution in [0.5, 0.6) is 11.5 Å². The number of guanidine groups is 1. The molecule has 0 bridgehead atoms. The first-order valence-electron chi connectivity index (χ1n) is 8.01. The molecular formula is C17H26N4O3. The van der Waals surface area contributed by atoms with Crippen molar-refractivity contribution in [3.8, 4) is 11.5 Å². The lowest BCUT2D eigenvalue weighted by atomic mass is 9.86. The summed E-state index contributed by atoms with van der Waals surface area (Å²) in [5.41, 5.74) is 13.0. The maximum Gasteiger partial charge on any atom is 0.263 e. The first-order valence-corrected chi connectivity index (χ1v) is 8.01. The van der Waals surface area contributed by atoms with Crippen LogP contribution in [0.1, 0.15) is 35.6 Å². The second-order valence-corrected chi connectivity index (χ2v) is 6.43. The Balaban J connectivity index is 2.19. The number of carbonyl (C=O) groups is 1. The summed E-state index contributed by atoms with van der Waals surface area (Å²) in [4.78, 5) is 16.4. The Labute approximate surface area is 142 Å². The summed E-state index contributed by atoms with van der Waals surface area (Å²) in [7, 11) is 0. The van der Waals surface area contributed by atoms with E-state index in [2.05, 4.69) is 10.3 Å². The van der Waals surface area contributed by atoms with Crippen molar-refractivity contribution in [2.45, 2.75) is 46.1 Å². The summed E-state index contributed by atoms with van der Waals surface area (Å²) in [5.74, 6) is 0.817. The van der Waals surface area contributed by atoms with Gasteiger partial charge < -0.3 is 26.6 Å². The highest BCUT2D eigenvalue weighted by molar-refractivity contribution is 5.86. The molecule has 24 heavy (non-hydrogen) atoms. The van der Waals surface area contributed by atoms with Gasteiger partial charge in [-0.3, -0.25) is 9.79 Å². The number of phenolic OH excluding ortho intramolecular Hbond substituents is 1. The maximum atomic E-state index is 12.5. The first kappa shape index (κ1) is 17.9. The summed E-state index contributed by atoms with van der Waals surface area (Å²) in [5, 5.41) is 13.0. The number of ether oxygens (including phenoxy) is 1. The molecule has 7 heteroatoms. The fourth-order valence-corrected chi connectivity index (χ4v) is 2.95. The molecule has 0 aromatic heterocycles. The molecule has 0 saturated heterocycles. The predicted octanol–water partition coefficient (Wildman–Crippen LogP) is 0.791. The standard InChI is InChI=1S/C17H26N4O3/c1-9-10(2)14-12(11(3)13(9)22)5-6-17(4,24-14)15(23)20-7-8-21-16(18)19/h22H,5-8H2,1-4H3,(H,20,23)(H4,18,19,21). The van der Waals surface area contributed by atoms with Gasteiger partial charge in [0.1, 0.15) is 11.5 Å². The molecular weight excluding hydrogens is 308 g/mol. The van der Waals surface area contributed by atoms with Crippen LogP contribution in [-0.2, 0) is 11.2 Å². The zero-order valence-electron chi connectivity index (χ0n) is 14.7. The van der Waals surface area contributed by atoms with Crippen molar-refractivity contribution < 1.29 is 14.6 Å². The van der Waals surface area contributed by atoms with Crippen molar-refractivity contribution in [2.75, 3.05) is 13.1 Å². The van der Waals surface area contributed by atoms with Crippen LogP contribution in [0.15, 0.2) is 4.99 Å². The van der Waals surface area contributed by atoms with E-state index in [1.54, 1.807) is 6.92 Å². The number of nitrogens with one attached hydrogen (secondary N) is 1. The van der Waals surface area contributed by atoms with Gasteiger partial charge in [-0.2, -0.15) is 0 Å². The predicted molar refractivity (Wildman–Crippen MR) is 93.4 cm³/mol. The molecule has 132 valence electrons. The number of hydrogen-bond acceptors (Lipinski definition) is 4. The van der Waals surface area contributed by atoms with Crippen LogP contribution in [0.4, 0.5) is 0 Å². The van der Waals surface area contributed by atoms with Crippen LogP contribution < -0.4 is 21.5 Å². The lowest BCUT2D eigenvalue weighted by Crippen LogP contribution is -2.51. The third-order valence-electron chi connectivity index (χ3n) is 4.69. The molecule has 2 rings (SSSR count). The van der Waals surface area contributed by atoms with Gasteiger partial charge in [0.05, 0.1) is 6.54 Å². The number of aliphatic imine (C=N–C) groups is 1. The normalized spacial score (nSPS) is 19.2. The third kappa shape index (κ3) is 3.25. The monoisotopic (exact) mass is 334 g/mol. The summed E-state index contributed by atoms with van der Waals surface area (Å²) in [6.07, 6.45) is 1.21. The van der Waals surface area contributed by atoms with Crippen molar-refractivity contribution >= 4 is 11.9 Å². The Morgan fingerprint density at radius 2 is 1.96 bits per heavy atom. The molecule has 1 aliphatic rings. The van der Waals surface area contributed by atoms with Crippen LogP contribution >= 0.6 is 0 Å². The first-order chi connectivity index (χ1) is 11.2. The Bertz CT molecular complexity index is 696. The van der Waals surface area contributed by atoms with Gasteiger partial charge in [0, 0.05) is 18.5 Å². The topological polar surface area (TPSA) is 123 Å². The maximum absolute atomic E-state index is 12.5. The zero-order valence-corrected chi connectivity index (χ0v) is 14.7. The van der Waals surface area contributed by atoms with E-state index >= 15 is 0 Å². The van der Waals surface area contributed by atoms with Gasteiger partial charge in [-0.25, -0.2) is 0 Å². The van der Waals surface area contributed by atoms with Gasteiger partial charge in [0.25, 0.3) is 5.91 Å². The number of nitrogens with zero attached hydrogens (tertiary/aromatic N) is 1. The van der Waals surface area contributed by atoms with Crippen LogP contribution in [-0.4, -0.2) is 35.7 Å². The van der Waals surface area contributed by atoms with Crippen molar-refractivity contribution in [3.63, 3.8) is 0 Å². The van der Waals surface area contributed by atoms with Crippen molar-refractivity contribution in [3.05, 3.63) is 22.3 Å². The van der Waals surface area contributed by atoms with Crippen LogP contribution in [0.3, 0.4) is 0 Å². The average Bonchev–Trinajstić information content (AvgIpc) is 2.54. The summed E-state index contributed by atoms with van der Waals surface area (Å²) >= 11 is 0. The van der Waals surface area contributed by atoms with Gasteiger partial charge in [-0.05, 0) is 50.8 Å². The molecule has 1 unspecified atom stereocenters. The number of carbonyl (C=O) groups excluding carboxylic acids is 1. The molecule has 0 saturated carbocycles. The van der Waals surface area contributed by atoms with Gasteiger partial charge in [-0.1, -0.05) is 0 Å². The number of rotatable bonds is 4. The van der Waals surface area contributed by atoms with E-state index in [4.69, 9.17) is 16.2 Å². The second kappa shape index (κ2) is 6.59. The molecule has 6 N–H and O–H groups in total. The minimum absolute atomic E-state index is 0.000289. The van der Waals surface area contributed by atoms with Gasteiger partial charge in [0.15, 0.2) is 11.6 Å². The number of fused-ring (bicyclic) bond motifs is 1. The molecule has 1 aliphatic heterocycles. The van der Waals surface area contributed by atoms with E-state index < -0.39 is 5.60 Å². The van der Waals surface area contributed by atoms with E-state index in [1.165, 1.54) is 0 Å². The minimum atomic E-state index is -0.953. The lowest BCUT2D eigenvalue weighted by Gasteiger charge is -2.36.